The summed E-state index contributed by atoms with van der Waals surface area (Å²) >= 11 is 5.03. The van der Waals surface area contributed by atoms with Crippen LogP contribution in [0.2, 0.25) is 0 Å². The second-order valence-corrected chi connectivity index (χ2v) is 6.54. The van der Waals surface area contributed by atoms with E-state index in [1.54, 1.807) is 6.07 Å². The number of hydrazine groups is 1. The van der Waals surface area contributed by atoms with Gasteiger partial charge in [0.25, 0.3) is 5.91 Å². The maximum absolute atomic E-state index is 13.7. The lowest BCUT2D eigenvalue weighted by Crippen LogP contribution is -2.49. The van der Waals surface area contributed by atoms with Gasteiger partial charge in [0.2, 0.25) is 5.91 Å². The Labute approximate surface area is 172 Å². The van der Waals surface area contributed by atoms with Crippen molar-refractivity contribution in [3.05, 3.63) is 107 Å². The van der Waals surface area contributed by atoms with Gasteiger partial charge in [0, 0.05) is 0 Å². The van der Waals surface area contributed by atoms with Crippen LogP contribution in [-0.2, 0) is 4.79 Å². The normalized spacial score (nSPS) is 10.3. The molecule has 3 N–H and O–H groups in total. The first kappa shape index (κ1) is 20.2. The SMILES string of the molecule is O=C(NC(=S)NNC(=O)C(c1ccccc1)c1ccccc1)c1ccccc1F. The predicted octanol–water partition coefficient (Wildman–Crippen LogP) is 3.29. The highest BCUT2D eigenvalue weighted by atomic mass is 32.1. The Kier molecular flexibility index (Phi) is 6.65. The van der Waals surface area contributed by atoms with Crippen molar-refractivity contribution in [1.82, 2.24) is 16.2 Å². The van der Waals surface area contributed by atoms with Gasteiger partial charge in [0.15, 0.2) is 5.11 Å². The Balaban J connectivity index is 1.67. The van der Waals surface area contributed by atoms with Crippen molar-refractivity contribution >= 4 is 29.1 Å². The summed E-state index contributed by atoms with van der Waals surface area (Å²) in [6.45, 7) is 0. The number of benzene rings is 3. The zero-order valence-electron chi connectivity index (χ0n) is 15.3. The summed E-state index contributed by atoms with van der Waals surface area (Å²) in [6, 6.07) is 24.1. The molecule has 2 amide bonds. The lowest BCUT2D eigenvalue weighted by molar-refractivity contribution is -0.122. The minimum Gasteiger partial charge on any atom is -0.298 e. The molecule has 0 fully saturated rings. The molecule has 29 heavy (non-hydrogen) atoms. The molecule has 3 rings (SSSR count). The second-order valence-electron chi connectivity index (χ2n) is 6.13. The van der Waals surface area contributed by atoms with E-state index in [4.69, 9.17) is 12.2 Å². The van der Waals surface area contributed by atoms with Crippen LogP contribution in [0.1, 0.15) is 27.4 Å². The summed E-state index contributed by atoms with van der Waals surface area (Å²) < 4.78 is 13.7. The molecule has 146 valence electrons. The number of amides is 2. The van der Waals surface area contributed by atoms with Crippen LogP contribution in [0.15, 0.2) is 84.9 Å². The van der Waals surface area contributed by atoms with E-state index in [2.05, 4.69) is 16.2 Å². The van der Waals surface area contributed by atoms with E-state index in [1.165, 1.54) is 18.2 Å². The van der Waals surface area contributed by atoms with Crippen LogP contribution in [0.5, 0.6) is 0 Å². The summed E-state index contributed by atoms with van der Waals surface area (Å²) in [5, 5.41) is 2.19. The van der Waals surface area contributed by atoms with E-state index in [0.29, 0.717) is 0 Å². The van der Waals surface area contributed by atoms with Gasteiger partial charge < -0.3 is 0 Å². The summed E-state index contributed by atoms with van der Waals surface area (Å²) in [7, 11) is 0. The van der Waals surface area contributed by atoms with Gasteiger partial charge in [-0.15, -0.1) is 0 Å². The maximum atomic E-state index is 13.7. The van der Waals surface area contributed by atoms with Gasteiger partial charge in [-0.1, -0.05) is 72.8 Å². The molecule has 0 radical (unpaired) electrons. The number of thiocarbonyl (C=S) groups is 1. The average molecular weight is 407 g/mol. The molecule has 3 aromatic rings. The number of rotatable bonds is 4. The minimum atomic E-state index is -0.711. The minimum absolute atomic E-state index is 0.144. The number of carbonyl (C=O) groups excluding carboxylic acids is 2. The van der Waals surface area contributed by atoms with Crippen LogP contribution in [0, 0.1) is 5.82 Å². The van der Waals surface area contributed by atoms with Gasteiger partial charge in [0.1, 0.15) is 5.82 Å². The molecule has 0 aliphatic heterocycles. The maximum Gasteiger partial charge on any atom is 0.260 e. The summed E-state index contributed by atoms with van der Waals surface area (Å²) in [6.07, 6.45) is 0. The standard InChI is InChI=1S/C22H18FN3O2S/c23-18-14-8-7-13-17(18)20(27)24-22(29)26-25-21(28)19(15-9-3-1-4-10-15)16-11-5-2-6-12-16/h1-14,19H,(H,25,28)(H2,24,26,27,29). The molecule has 0 bridgehead atoms. The van der Waals surface area contributed by atoms with Crippen molar-refractivity contribution < 1.29 is 14.0 Å². The molecule has 0 aliphatic rings. The first-order chi connectivity index (χ1) is 14.1. The molecule has 5 nitrogen and oxygen atoms in total. The molecule has 0 heterocycles. The lowest BCUT2D eigenvalue weighted by atomic mass is 9.91. The van der Waals surface area contributed by atoms with Crippen molar-refractivity contribution in [1.29, 1.82) is 0 Å². The molecule has 0 aliphatic carbocycles. The van der Waals surface area contributed by atoms with Crippen LogP contribution in [0.25, 0.3) is 0 Å². The lowest BCUT2D eigenvalue weighted by Gasteiger charge is -2.19. The van der Waals surface area contributed by atoms with Gasteiger partial charge in [-0.3, -0.25) is 25.8 Å². The predicted molar refractivity (Wildman–Crippen MR) is 112 cm³/mol. The zero-order valence-corrected chi connectivity index (χ0v) is 16.1. The Morgan fingerprint density at radius 1 is 0.759 bits per heavy atom. The fourth-order valence-electron chi connectivity index (χ4n) is 2.82. The van der Waals surface area contributed by atoms with E-state index >= 15 is 0 Å². The van der Waals surface area contributed by atoms with Crippen molar-refractivity contribution in [3.8, 4) is 0 Å². The average Bonchev–Trinajstić information content (AvgIpc) is 2.74. The number of halogens is 1. The van der Waals surface area contributed by atoms with Crippen molar-refractivity contribution in [3.63, 3.8) is 0 Å². The summed E-state index contributed by atoms with van der Waals surface area (Å²) in [5.41, 5.74) is 6.48. The summed E-state index contributed by atoms with van der Waals surface area (Å²) in [5.74, 6) is -2.30. The molecule has 0 aromatic heterocycles. The molecule has 0 spiro atoms. The Hall–Kier alpha value is -3.58. The highest BCUT2D eigenvalue weighted by Gasteiger charge is 2.23. The first-order valence-corrected chi connectivity index (χ1v) is 9.22. The van der Waals surface area contributed by atoms with E-state index in [9.17, 15) is 14.0 Å². The fourth-order valence-corrected chi connectivity index (χ4v) is 2.97. The molecule has 0 unspecified atom stereocenters. The topological polar surface area (TPSA) is 70.2 Å². The quantitative estimate of drug-likeness (QED) is 0.459. The molecule has 3 aromatic carbocycles. The smallest absolute Gasteiger partial charge is 0.260 e. The van der Waals surface area contributed by atoms with Gasteiger partial charge in [-0.05, 0) is 35.5 Å². The molecule has 0 saturated carbocycles. The van der Waals surface area contributed by atoms with Gasteiger partial charge >= 0.3 is 0 Å². The van der Waals surface area contributed by atoms with E-state index in [1.807, 2.05) is 60.7 Å². The first-order valence-electron chi connectivity index (χ1n) is 8.82. The third kappa shape index (κ3) is 5.24. The molecule has 0 saturated heterocycles. The zero-order chi connectivity index (χ0) is 20.6. The molecule has 7 heteroatoms. The van der Waals surface area contributed by atoms with Gasteiger partial charge in [-0.2, -0.15) is 0 Å². The highest BCUT2D eigenvalue weighted by molar-refractivity contribution is 7.80. The van der Waals surface area contributed by atoms with Crippen LogP contribution < -0.4 is 16.2 Å². The van der Waals surface area contributed by atoms with Gasteiger partial charge in [-0.25, -0.2) is 4.39 Å². The van der Waals surface area contributed by atoms with Gasteiger partial charge in [0.05, 0.1) is 11.5 Å². The number of hydrogen-bond donors (Lipinski definition) is 3. The second kappa shape index (κ2) is 9.57. The Morgan fingerprint density at radius 3 is 1.83 bits per heavy atom. The van der Waals surface area contributed by atoms with Crippen LogP contribution in [0.3, 0.4) is 0 Å². The number of hydrogen-bond acceptors (Lipinski definition) is 3. The highest BCUT2D eigenvalue weighted by Crippen LogP contribution is 2.24. The Bertz CT molecular complexity index is 973. The largest absolute Gasteiger partial charge is 0.298 e. The van der Waals surface area contributed by atoms with Crippen LogP contribution >= 0.6 is 12.2 Å². The monoisotopic (exact) mass is 407 g/mol. The van der Waals surface area contributed by atoms with E-state index in [0.717, 1.165) is 11.1 Å². The van der Waals surface area contributed by atoms with E-state index in [-0.39, 0.29) is 16.6 Å². The number of carbonyl (C=O) groups is 2. The third-order valence-electron chi connectivity index (χ3n) is 4.17. The molecule has 0 atom stereocenters. The van der Waals surface area contributed by atoms with E-state index < -0.39 is 17.6 Å². The fraction of sp³-hybridized carbons (Fsp3) is 0.0455. The molecular formula is C22H18FN3O2S. The van der Waals surface area contributed by atoms with Crippen LogP contribution in [0.4, 0.5) is 4.39 Å². The van der Waals surface area contributed by atoms with Crippen molar-refractivity contribution in [2.24, 2.45) is 0 Å². The van der Waals surface area contributed by atoms with Crippen molar-refractivity contribution in [2.45, 2.75) is 5.92 Å². The summed E-state index contributed by atoms with van der Waals surface area (Å²) in [4.78, 5) is 25.0. The number of nitrogens with one attached hydrogen (secondary N) is 3. The van der Waals surface area contributed by atoms with Crippen molar-refractivity contribution in [2.75, 3.05) is 0 Å². The van der Waals surface area contributed by atoms with Crippen LogP contribution in [-0.4, -0.2) is 16.9 Å². The third-order valence-corrected chi connectivity index (χ3v) is 4.38. The molecular weight excluding hydrogens is 389 g/mol. The Morgan fingerprint density at radius 2 is 1.28 bits per heavy atom.